The molecule has 0 aliphatic carbocycles. The molecule has 6 aromatic rings. The monoisotopic (exact) mass is 640 g/mol. The molecule has 6 aromatic carbocycles. The second-order valence-corrected chi connectivity index (χ2v) is 12.3. The predicted octanol–water partition coefficient (Wildman–Crippen LogP) is 3.44. The van der Waals surface area contributed by atoms with Gasteiger partial charge in [-0.1, -0.05) is 85.6 Å². The fraction of sp³-hybridized carbons (Fsp3) is 0.162. The van der Waals surface area contributed by atoms with Crippen LogP contribution in [-0.4, -0.2) is 3.21 Å². The first-order valence-electron chi connectivity index (χ1n) is 13.5. The Hall–Kier alpha value is -2.57. The quantitative estimate of drug-likeness (QED) is 0.245. The van der Waals surface area contributed by atoms with Crippen molar-refractivity contribution in [1.82, 2.24) is 0 Å². The maximum atomic E-state index is 2.26. The minimum atomic E-state index is 0. The summed E-state index contributed by atoms with van der Waals surface area (Å²) in [6.07, 6.45) is 4.48. The molecule has 0 spiro atoms. The summed E-state index contributed by atoms with van der Waals surface area (Å²) in [5.74, 6) is 0. The minimum absolute atomic E-state index is 0. The van der Waals surface area contributed by atoms with Gasteiger partial charge in [0.2, 0.25) is 0 Å². The van der Waals surface area contributed by atoms with E-state index in [2.05, 4.69) is 147 Å². The number of halogens is 2. The van der Waals surface area contributed by atoms with Crippen LogP contribution in [0.3, 0.4) is 0 Å². The van der Waals surface area contributed by atoms with Crippen LogP contribution >= 0.6 is 0 Å². The Bertz CT molecular complexity index is 1430. The summed E-state index contributed by atoms with van der Waals surface area (Å²) < 4.78 is 1.51. The summed E-state index contributed by atoms with van der Waals surface area (Å²) >= 11 is 1.55. The molecule has 0 atom stereocenters. The number of aryl methyl sites for hydroxylation is 4. The summed E-state index contributed by atoms with van der Waals surface area (Å²) in [6.45, 7) is 4.25. The van der Waals surface area contributed by atoms with E-state index >= 15 is 0 Å². The average molecular weight is 643 g/mol. The standard InChI is InChI=1S/2C17H15.C3H6.2ClH.Zr/c2*1-2-6-14(7-3-1)10-11-16-13-12-15-8-4-5-9-17(15)16;1-3-2;;;/h2*1-9,12-13H,10-11H2;1-2H3;2*1H;/q2*-1;;;;+2/p-2. The van der Waals surface area contributed by atoms with Gasteiger partial charge in [0.1, 0.15) is 0 Å². The Kier molecular flexibility index (Phi) is 15.1. The zero-order valence-electron chi connectivity index (χ0n) is 23.3. The van der Waals surface area contributed by atoms with Gasteiger partial charge in [0.15, 0.2) is 0 Å². The first kappa shape index (κ1) is 33.6. The van der Waals surface area contributed by atoms with Gasteiger partial charge < -0.3 is 24.8 Å². The van der Waals surface area contributed by atoms with Gasteiger partial charge in [0.05, 0.1) is 0 Å². The minimum Gasteiger partial charge on any atom is -1.00 e. The Balaban J connectivity index is 0.000000237. The van der Waals surface area contributed by atoms with Crippen LogP contribution in [-0.2, 0) is 49.9 Å². The summed E-state index contributed by atoms with van der Waals surface area (Å²) in [5, 5.41) is 5.53. The summed E-state index contributed by atoms with van der Waals surface area (Å²) in [7, 11) is 0. The van der Waals surface area contributed by atoms with Crippen LogP contribution in [0, 0.1) is 0 Å². The van der Waals surface area contributed by atoms with E-state index < -0.39 is 0 Å². The van der Waals surface area contributed by atoms with E-state index in [0.29, 0.717) is 0 Å². The van der Waals surface area contributed by atoms with Gasteiger partial charge in [-0.05, 0) is 24.0 Å². The van der Waals surface area contributed by atoms with Crippen molar-refractivity contribution in [1.29, 1.82) is 0 Å². The molecule has 0 saturated carbocycles. The molecule has 0 nitrogen and oxygen atoms in total. The molecule has 0 N–H and O–H groups in total. The fourth-order valence-electron chi connectivity index (χ4n) is 4.71. The van der Waals surface area contributed by atoms with Crippen molar-refractivity contribution in [2.45, 2.75) is 39.5 Å². The summed E-state index contributed by atoms with van der Waals surface area (Å²) in [6, 6.07) is 47.6. The van der Waals surface area contributed by atoms with E-state index in [4.69, 9.17) is 0 Å². The third kappa shape index (κ3) is 10.4. The molecule has 0 aliphatic rings. The van der Waals surface area contributed by atoms with Crippen molar-refractivity contribution in [3.05, 3.63) is 156 Å². The van der Waals surface area contributed by atoms with E-state index in [1.807, 2.05) is 0 Å². The molecule has 0 amide bonds. The Morgan fingerprint density at radius 3 is 1.20 bits per heavy atom. The Morgan fingerprint density at radius 1 is 0.500 bits per heavy atom. The number of benzene rings is 4. The SMILES string of the molecule is C[C](C)=[Zr+2].[Cl-].[Cl-].c1ccc(CCc2c[cH-]c3ccccc23)cc1.c1ccc(CCc2c[cH-]c3ccccc23)cc1. The molecule has 0 aliphatic heterocycles. The van der Waals surface area contributed by atoms with E-state index in [-0.39, 0.29) is 24.8 Å². The van der Waals surface area contributed by atoms with Crippen molar-refractivity contribution in [2.24, 2.45) is 0 Å². The van der Waals surface area contributed by atoms with Gasteiger partial charge in [-0.3, -0.25) is 0 Å². The second-order valence-electron chi connectivity index (χ2n) is 9.86. The summed E-state index contributed by atoms with van der Waals surface area (Å²) in [5.41, 5.74) is 5.75. The maximum Gasteiger partial charge on any atom is -0.0326 e. The molecular formula is C37H36Cl2Zr-2. The third-order valence-electron chi connectivity index (χ3n) is 6.59. The molecule has 40 heavy (non-hydrogen) atoms. The second kappa shape index (κ2) is 18.0. The molecule has 0 unspecified atom stereocenters. The zero-order chi connectivity index (χ0) is 26.6. The smallest absolute Gasteiger partial charge is 0.0326 e. The van der Waals surface area contributed by atoms with Crippen LogP contribution < -0.4 is 24.8 Å². The Morgan fingerprint density at radius 2 is 0.825 bits per heavy atom. The molecule has 204 valence electrons. The molecular weight excluding hydrogens is 607 g/mol. The van der Waals surface area contributed by atoms with E-state index in [1.54, 1.807) is 24.2 Å². The van der Waals surface area contributed by atoms with Crippen molar-refractivity contribution in [2.75, 3.05) is 0 Å². The maximum absolute atomic E-state index is 2.26. The third-order valence-corrected chi connectivity index (χ3v) is 6.59. The summed E-state index contributed by atoms with van der Waals surface area (Å²) in [4.78, 5) is 0. The van der Waals surface area contributed by atoms with Crippen LogP contribution in [0.15, 0.2) is 133 Å². The van der Waals surface area contributed by atoms with Crippen LogP contribution in [0.1, 0.15) is 36.1 Å². The Labute approximate surface area is 267 Å². The van der Waals surface area contributed by atoms with Crippen LogP contribution in [0.25, 0.3) is 21.5 Å². The number of fused-ring (bicyclic) bond motifs is 2. The molecule has 0 heterocycles. The van der Waals surface area contributed by atoms with Gasteiger partial charge in [-0.2, -0.15) is 11.1 Å². The van der Waals surface area contributed by atoms with Gasteiger partial charge >= 0.3 is 41.3 Å². The predicted molar refractivity (Wildman–Crippen MR) is 163 cm³/mol. The van der Waals surface area contributed by atoms with Gasteiger partial charge in [-0.25, -0.2) is 0 Å². The van der Waals surface area contributed by atoms with Gasteiger partial charge in [-0.15, -0.1) is 82.2 Å². The van der Waals surface area contributed by atoms with Gasteiger partial charge in [0, 0.05) is 0 Å². The van der Waals surface area contributed by atoms with Crippen molar-refractivity contribution >= 4 is 24.8 Å². The molecule has 0 aromatic heterocycles. The largest absolute Gasteiger partial charge is 1.00 e. The molecule has 0 fully saturated rings. The fourth-order valence-corrected chi connectivity index (χ4v) is 4.71. The van der Waals surface area contributed by atoms with Crippen molar-refractivity contribution in [3.8, 4) is 0 Å². The first-order chi connectivity index (χ1) is 18.6. The zero-order valence-corrected chi connectivity index (χ0v) is 27.3. The number of hydrogen-bond acceptors (Lipinski definition) is 0. The molecule has 3 heteroatoms. The number of rotatable bonds is 6. The average Bonchev–Trinajstić information content (AvgIpc) is 3.56. The van der Waals surface area contributed by atoms with E-state index in [9.17, 15) is 0 Å². The number of hydrogen-bond donors (Lipinski definition) is 0. The first-order valence-corrected chi connectivity index (χ1v) is 14.7. The van der Waals surface area contributed by atoms with E-state index in [1.165, 1.54) is 47.0 Å². The molecule has 0 saturated heterocycles. The van der Waals surface area contributed by atoms with Crippen molar-refractivity contribution in [3.63, 3.8) is 0 Å². The van der Waals surface area contributed by atoms with E-state index in [0.717, 1.165) is 25.7 Å². The normalized spacial score (nSPS) is 9.90. The molecule has 0 bridgehead atoms. The van der Waals surface area contributed by atoms with Crippen molar-refractivity contribution < 1.29 is 49.0 Å². The topological polar surface area (TPSA) is 0 Å². The van der Waals surface area contributed by atoms with Crippen LogP contribution in [0.4, 0.5) is 0 Å². The molecule has 6 rings (SSSR count). The van der Waals surface area contributed by atoms with Gasteiger partial charge in [0.25, 0.3) is 0 Å². The van der Waals surface area contributed by atoms with Crippen LogP contribution in [0.2, 0.25) is 0 Å². The molecule has 0 radical (unpaired) electrons. The van der Waals surface area contributed by atoms with Crippen LogP contribution in [0.5, 0.6) is 0 Å².